The minimum atomic E-state index is 0.110. The maximum absolute atomic E-state index is 8.98. The normalized spacial score (nSPS) is 10.8. The predicted molar refractivity (Wildman–Crippen MR) is 103 cm³/mol. The molecule has 0 radical (unpaired) electrons. The van der Waals surface area contributed by atoms with E-state index in [-0.39, 0.29) is 5.41 Å². The van der Waals surface area contributed by atoms with Gasteiger partial charge in [0, 0.05) is 11.4 Å². The summed E-state index contributed by atoms with van der Waals surface area (Å²) in [5, 5.41) is 23.3. The number of nitrogens with zero attached hydrogens (tertiary/aromatic N) is 4. The van der Waals surface area contributed by atoms with Crippen LogP contribution in [-0.4, -0.2) is 15.2 Å². The second-order valence-corrected chi connectivity index (χ2v) is 6.94. The number of anilines is 4. The summed E-state index contributed by atoms with van der Waals surface area (Å²) in [4.78, 5) is 4.41. The molecule has 0 saturated heterocycles. The Labute approximate surface area is 152 Å². The summed E-state index contributed by atoms with van der Waals surface area (Å²) < 4.78 is 0. The van der Waals surface area contributed by atoms with Crippen LogP contribution in [0.3, 0.4) is 0 Å². The molecule has 0 atom stereocenters. The number of hydrogen-bond donors (Lipinski definition) is 2. The maximum atomic E-state index is 8.98. The highest BCUT2D eigenvalue weighted by Crippen LogP contribution is 2.24. The Balaban J connectivity index is 1.74. The standard InChI is InChI=1S/C20H20N6/c1-20(2,3)15-7-9-16(10-8-15)24-19-25-18(13-22-26-19)23-17-6-4-5-14(11-17)12-21/h4-11,13H,1-3H3,(H2,23,24,25,26). The van der Waals surface area contributed by atoms with Crippen LogP contribution < -0.4 is 10.6 Å². The number of benzene rings is 2. The van der Waals surface area contributed by atoms with Gasteiger partial charge in [0.05, 0.1) is 17.8 Å². The van der Waals surface area contributed by atoms with Crippen LogP contribution in [0.15, 0.2) is 54.7 Å². The lowest BCUT2D eigenvalue weighted by atomic mass is 9.87. The first-order valence-corrected chi connectivity index (χ1v) is 8.28. The van der Waals surface area contributed by atoms with E-state index in [4.69, 9.17) is 5.26 Å². The summed E-state index contributed by atoms with van der Waals surface area (Å²) in [7, 11) is 0. The van der Waals surface area contributed by atoms with E-state index >= 15 is 0 Å². The largest absolute Gasteiger partial charge is 0.339 e. The summed E-state index contributed by atoms with van der Waals surface area (Å²) >= 11 is 0. The Morgan fingerprint density at radius 1 is 0.962 bits per heavy atom. The zero-order valence-corrected chi connectivity index (χ0v) is 15.0. The molecule has 26 heavy (non-hydrogen) atoms. The lowest BCUT2D eigenvalue weighted by molar-refractivity contribution is 0.590. The zero-order valence-electron chi connectivity index (χ0n) is 15.0. The van der Waals surface area contributed by atoms with Crippen LogP contribution in [0.1, 0.15) is 31.9 Å². The van der Waals surface area contributed by atoms with Gasteiger partial charge in [-0.15, -0.1) is 5.10 Å². The molecule has 0 amide bonds. The summed E-state index contributed by atoms with van der Waals surface area (Å²) in [5.41, 5.74) is 3.61. The van der Waals surface area contributed by atoms with E-state index in [0.29, 0.717) is 17.3 Å². The molecule has 130 valence electrons. The van der Waals surface area contributed by atoms with Gasteiger partial charge < -0.3 is 10.6 Å². The average Bonchev–Trinajstić information content (AvgIpc) is 2.62. The van der Waals surface area contributed by atoms with Gasteiger partial charge in [0.1, 0.15) is 0 Å². The minimum Gasteiger partial charge on any atom is -0.339 e. The first-order valence-electron chi connectivity index (χ1n) is 8.28. The van der Waals surface area contributed by atoms with Crippen LogP contribution in [0.5, 0.6) is 0 Å². The minimum absolute atomic E-state index is 0.110. The van der Waals surface area contributed by atoms with Gasteiger partial charge in [-0.25, -0.2) is 0 Å². The SMILES string of the molecule is CC(C)(C)c1ccc(Nc2nncc(Nc3cccc(C#N)c3)n2)cc1. The summed E-state index contributed by atoms with van der Waals surface area (Å²) in [6.07, 6.45) is 1.53. The summed E-state index contributed by atoms with van der Waals surface area (Å²) in [6, 6.07) is 17.5. The van der Waals surface area contributed by atoms with E-state index < -0.39 is 0 Å². The number of nitriles is 1. The molecule has 0 aliphatic heterocycles. The van der Waals surface area contributed by atoms with Crippen molar-refractivity contribution in [2.75, 3.05) is 10.6 Å². The van der Waals surface area contributed by atoms with E-state index in [1.807, 2.05) is 24.3 Å². The molecule has 3 aromatic rings. The Kier molecular flexibility index (Phi) is 4.81. The zero-order chi connectivity index (χ0) is 18.6. The van der Waals surface area contributed by atoms with Crippen LogP contribution >= 0.6 is 0 Å². The highest BCUT2D eigenvalue weighted by atomic mass is 15.3. The van der Waals surface area contributed by atoms with Crippen molar-refractivity contribution in [3.63, 3.8) is 0 Å². The van der Waals surface area contributed by atoms with Crippen molar-refractivity contribution < 1.29 is 0 Å². The lowest BCUT2D eigenvalue weighted by Crippen LogP contribution is -2.10. The second-order valence-electron chi connectivity index (χ2n) is 6.94. The third-order valence-electron chi connectivity index (χ3n) is 3.83. The quantitative estimate of drug-likeness (QED) is 0.723. The van der Waals surface area contributed by atoms with Gasteiger partial charge in [-0.2, -0.15) is 15.3 Å². The van der Waals surface area contributed by atoms with Crippen LogP contribution in [0.25, 0.3) is 0 Å². The summed E-state index contributed by atoms with van der Waals surface area (Å²) in [5.74, 6) is 0.943. The molecule has 6 heteroatoms. The van der Waals surface area contributed by atoms with Crippen molar-refractivity contribution >= 4 is 23.1 Å². The average molecular weight is 344 g/mol. The molecular weight excluding hydrogens is 324 g/mol. The molecule has 0 aliphatic carbocycles. The molecule has 1 heterocycles. The van der Waals surface area contributed by atoms with E-state index in [9.17, 15) is 0 Å². The highest BCUT2D eigenvalue weighted by molar-refractivity contribution is 5.60. The first kappa shape index (κ1) is 17.4. The second kappa shape index (κ2) is 7.19. The molecule has 0 bridgehead atoms. The fourth-order valence-electron chi connectivity index (χ4n) is 2.41. The Hall–Kier alpha value is -3.46. The molecule has 0 saturated carbocycles. The molecule has 0 aliphatic rings. The van der Waals surface area contributed by atoms with E-state index in [1.54, 1.807) is 12.1 Å². The molecule has 0 unspecified atom stereocenters. The lowest BCUT2D eigenvalue weighted by Gasteiger charge is -2.19. The molecule has 0 spiro atoms. The van der Waals surface area contributed by atoms with Gasteiger partial charge in [-0.3, -0.25) is 0 Å². The van der Waals surface area contributed by atoms with Crippen molar-refractivity contribution in [1.29, 1.82) is 5.26 Å². The van der Waals surface area contributed by atoms with Gasteiger partial charge in [-0.05, 0) is 41.3 Å². The monoisotopic (exact) mass is 344 g/mol. The third-order valence-corrected chi connectivity index (χ3v) is 3.83. The Bertz CT molecular complexity index is 936. The van der Waals surface area contributed by atoms with Crippen molar-refractivity contribution in [3.05, 3.63) is 65.9 Å². The van der Waals surface area contributed by atoms with E-state index in [1.165, 1.54) is 11.8 Å². The van der Waals surface area contributed by atoms with Gasteiger partial charge in [0.25, 0.3) is 0 Å². The first-order chi connectivity index (χ1) is 12.4. The molecule has 6 nitrogen and oxygen atoms in total. The van der Waals surface area contributed by atoms with Gasteiger partial charge in [0.2, 0.25) is 5.95 Å². The van der Waals surface area contributed by atoms with Crippen LogP contribution in [0.4, 0.5) is 23.1 Å². The highest BCUT2D eigenvalue weighted by Gasteiger charge is 2.13. The number of rotatable bonds is 4. The smallest absolute Gasteiger partial charge is 0.249 e. The van der Waals surface area contributed by atoms with Gasteiger partial charge >= 0.3 is 0 Å². The molecule has 2 aromatic carbocycles. The van der Waals surface area contributed by atoms with Crippen LogP contribution in [0, 0.1) is 11.3 Å². The van der Waals surface area contributed by atoms with Crippen molar-refractivity contribution in [2.24, 2.45) is 0 Å². The number of nitrogens with one attached hydrogen (secondary N) is 2. The summed E-state index contributed by atoms with van der Waals surface area (Å²) in [6.45, 7) is 6.54. The third kappa shape index (κ3) is 4.33. The molecule has 1 aromatic heterocycles. The fraction of sp³-hybridized carbons (Fsp3) is 0.200. The van der Waals surface area contributed by atoms with E-state index in [2.05, 4.69) is 64.8 Å². The Morgan fingerprint density at radius 2 is 1.73 bits per heavy atom. The molecule has 3 rings (SSSR count). The van der Waals surface area contributed by atoms with Crippen LogP contribution in [-0.2, 0) is 5.41 Å². The van der Waals surface area contributed by atoms with Crippen molar-refractivity contribution in [2.45, 2.75) is 26.2 Å². The number of aromatic nitrogens is 3. The topological polar surface area (TPSA) is 86.5 Å². The van der Waals surface area contributed by atoms with Crippen LogP contribution in [0.2, 0.25) is 0 Å². The Morgan fingerprint density at radius 3 is 2.42 bits per heavy atom. The van der Waals surface area contributed by atoms with Gasteiger partial charge in [-0.1, -0.05) is 39.0 Å². The fourth-order valence-corrected chi connectivity index (χ4v) is 2.41. The maximum Gasteiger partial charge on any atom is 0.249 e. The van der Waals surface area contributed by atoms with E-state index in [0.717, 1.165) is 11.4 Å². The molecule has 0 fully saturated rings. The predicted octanol–water partition coefficient (Wildman–Crippen LogP) is 4.53. The van der Waals surface area contributed by atoms with Crippen molar-refractivity contribution in [1.82, 2.24) is 15.2 Å². The van der Waals surface area contributed by atoms with Crippen molar-refractivity contribution in [3.8, 4) is 6.07 Å². The molecule has 2 N–H and O–H groups in total. The molecular formula is C20H20N6. The van der Waals surface area contributed by atoms with Gasteiger partial charge in [0.15, 0.2) is 5.82 Å². The number of hydrogen-bond acceptors (Lipinski definition) is 6.